The molecule has 0 bridgehead atoms. The van der Waals surface area contributed by atoms with Gasteiger partial charge in [-0.25, -0.2) is 9.37 Å². The van der Waals surface area contributed by atoms with Crippen LogP contribution in [0.2, 0.25) is 0 Å². The van der Waals surface area contributed by atoms with Gasteiger partial charge in [0.2, 0.25) is 0 Å². The van der Waals surface area contributed by atoms with Gasteiger partial charge in [0.15, 0.2) is 11.6 Å². The molecule has 4 heteroatoms. The summed E-state index contributed by atoms with van der Waals surface area (Å²) in [5.74, 6) is -1.14. The highest BCUT2D eigenvalue weighted by atomic mass is 19.1. The van der Waals surface area contributed by atoms with E-state index in [1.54, 1.807) is 0 Å². The average molecular weight is 188 g/mol. The molecule has 0 atom stereocenters. The molecular formula is C10H5FN2O. The van der Waals surface area contributed by atoms with E-state index in [4.69, 9.17) is 10.4 Å². The molecule has 2 rings (SSSR count). The first-order valence-corrected chi connectivity index (χ1v) is 3.90. The fourth-order valence-corrected chi connectivity index (χ4v) is 1.30. The van der Waals surface area contributed by atoms with Gasteiger partial charge in [-0.3, -0.25) is 0 Å². The summed E-state index contributed by atoms with van der Waals surface area (Å²) in [6.07, 6.45) is 1.34. The number of nitriles is 1. The van der Waals surface area contributed by atoms with Crippen molar-refractivity contribution < 1.29 is 9.50 Å². The van der Waals surface area contributed by atoms with Crippen LogP contribution >= 0.6 is 0 Å². The van der Waals surface area contributed by atoms with Crippen molar-refractivity contribution in [2.75, 3.05) is 0 Å². The molecule has 0 aliphatic carbocycles. The molecular weight excluding hydrogens is 183 g/mol. The Morgan fingerprint density at radius 3 is 2.79 bits per heavy atom. The second-order valence-corrected chi connectivity index (χ2v) is 2.77. The Morgan fingerprint density at radius 1 is 1.29 bits per heavy atom. The minimum Gasteiger partial charge on any atom is -0.505 e. The van der Waals surface area contributed by atoms with Gasteiger partial charge in [0, 0.05) is 17.0 Å². The summed E-state index contributed by atoms with van der Waals surface area (Å²) in [7, 11) is 0. The average Bonchev–Trinajstić information content (AvgIpc) is 2.23. The van der Waals surface area contributed by atoms with E-state index in [-0.39, 0.29) is 11.1 Å². The third-order valence-electron chi connectivity index (χ3n) is 1.97. The lowest BCUT2D eigenvalue weighted by Gasteiger charge is -2.01. The van der Waals surface area contributed by atoms with E-state index in [0.717, 1.165) is 0 Å². The van der Waals surface area contributed by atoms with Gasteiger partial charge in [0.1, 0.15) is 11.8 Å². The fraction of sp³-hybridized carbons (Fsp3) is 0. The lowest BCUT2D eigenvalue weighted by atomic mass is 10.1. The zero-order valence-electron chi connectivity index (χ0n) is 7.03. The van der Waals surface area contributed by atoms with Crippen molar-refractivity contribution in [1.82, 2.24) is 4.98 Å². The molecule has 0 saturated heterocycles. The Hall–Kier alpha value is -2.15. The zero-order chi connectivity index (χ0) is 10.1. The summed E-state index contributed by atoms with van der Waals surface area (Å²) >= 11 is 0. The molecule has 0 aliphatic rings. The number of hydrogen-bond donors (Lipinski definition) is 1. The van der Waals surface area contributed by atoms with Gasteiger partial charge < -0.3 is 5.11 Å². The molecule has 2 aromatic rings. The van der Waals surface area contributed by atoms with Crippen LogP contribution in [0.3, 0.4) is 0 Å². The van der Waals surface area contributed by atoms with E-state index >= 15 is 0 Å². The number of nitrogens with zero attached hydrogens (tertiary/aromatic N) is 2. The first kappa shape index (κ1) is 8.45. The fourth-order valence-electron chi connectivity index (χ4n) is 1.30. The predicted octanol–water partition coefficient (Wildman–Crippen LogP) is 1.95. The molecule has 0 saturated carbocycles. The van der Waals surface area contributed by atoms with E-state index in [2.05, 4.69) is 4.98 Å². The number of fused-ring (bicyclic) bond motifs is 1. The van der Waals surface area contributed by atoms with Crippen molar-refractivity contribution in [3.05, 3.63) is 35.9 Å². The Kier molecular flexibility index (Phi) is 1.79. The summed E-state index contributed by atoms with van der Waals surface area (Å²) in [4.78, 5) is 3.79. The number of hydrogen-bond acceptors (Lipinski definition) is 3. The lowest BCUT2D eigenvalue weighted by Crippen LogP contribution is -1.87. The molecule has 0 radical (unpaired) electrons. The smallest absolute Gasteiger partial charge is 0.172 e. The highest BCUT2D eigenvalue weighted by molar-refractivity contribution is 5.88. The number of pyridine rings is 1. The number of halogens is 1. The van der Waals surface area contributed by atoms with Crippen molar-refractivity contribution in [3.8, 4) is 11.8 Å². The van der Waals surface area contributed by atoms with Crippen LogP contribution in [-0.2, 0) is 0 Å². The SMILES string of the molecule is N#Cc1nccc2c(F)c(O)ccc12. The Bertz CT molecular complexity index is 546. The van der Waals surface area contributed by atoms with Crippen LogP contribution in [0.15, 0.2) is 24.4 Å². The topological polar surface area (TPSA) is 56.9 Å². The van der Waals surface area contributed by atoms with Crippen LogP contribution in [0.25, 0.3) is 10.8 Å². The van der Waals surface area contributed by atoms with Gasteiger partial charge in [-0.2, -0.15) is 5.26 Å². The quantitative estimate of drug-likeness (QED) is 0.687. The second-order valence-electron chi connectivity index (χ2n) is 2.77. The summed E-state index contributed by atoms with van der Waals surface area (Å²) in [5, 5.41) is 18.4. The first-order chi connectivity index (χ1) is 6.74. The van der Waals surface area contributed by atoms with E-state index in [9.17, 15) is 4.39 Å². The molecule has 0 unspecified atom stereocenters. The molecule has 14 heavy (non-hydrogen) atoms. The molecule has 1 N–H and O–H groups in total. The predicted molar refractivity (Wildman–Crippen MR) is 48.1 cm³/mol. The number of aromatic nitrogens is 1. The zero-order valence-corrected chi connectivity index (χ0v) is 7.03. The van der Waals surface area contributed by atoms with Crippen molar-refractivity contribution in [3.63, 3.8) is 0 Å². The highest BCUT2D eigenvalue weighted by Gasteiger charge is 2.08. The maximum atomic E-state index is 13.3. The van der Waals surface area contributed by atoms with Crippen LogP contribution in [0, 0.1) is 17.1 Å². The number of aromatic hydroxyl groups is 1. The maximum absolute atomic E-state index is 13.3. The minimum absolute atomic E-state index is 0.154. The van der Waals surface area contributed by atoms with Gasteiger partial charge in [-0.1, -0.05) is 0 Å². The molecule has 1 aromatic heterocycles. The van der Waals surface area contributed by atoms with Gasteiger partial charge in [0.25, 0.3) is 0 Å². The van der Waals surface area contributed by atoms with Crippen LogP contribution in [0.1, 0.15) is 5.69 Å². The number of benzene rings is 1. The van der Waals surface area contributed by atoms with Crippen LogP contribution in [-0.4, -0.2) is 10.1 Å². The molecule has 0 aliphatic heterocycles. The van der Waals surface area contributed by atoms with Crippen LogP contribution < -0.4 is 0 Å². The van der Waals surface area contributed by atoms with E-state index < -0.39 is 11.6 Å². The molecule has 68 valence electrons. The van der Waals surface area contributed by atoms with Crippen molar-refractivity contribution in [2.45, 2.75) is 0 Å². The number of phenols is 1. The standard InChI is InChI=1S/C10H5FN2O/c11-10-7-3-4-13-8(5-12)6(7)1-2-9(10)14/h1-4,14H. The molecule has 1 aromatic carbocycles. The van der Waals surface area contributed by atoms with Crippen molar-refractivity contribution in [2.24, 2.45) is 0 Å². The third kappa shape index (κ3) is 1.07. The monoisotopic (exact) mass is 188 g/mol. The highest BCUT2D eigenvalue weighted by Crippen LogP contribution is 2.26. The Labute approximate surface area is 79.1 Å². The minimum atomic E-state index is -0.721. The van der Waals surface area contributed by atoms with E-state index in [1.165, 1.54) is 24.4 Å². The first-order valence-electron chi connectivity index (χ1n) is 3.90. The largest absolute Gasteiger partial charge is 0.505 e. The Balaban J connectivity index is 2.95. The second kappa shape index (κ2) is 2.96. The number of phenolic OH excluding ortho intramolecular Hbond substituents is 1. The molecule has 0 fully saturated rings. The summed E-state index contributed by atoms with van der Waals surface area (Å²) in [5.41, 5.74) is 0.154. The van der Waals surface area contributed by atoms with Crippen molar-refractivity contribution in [1.29, 1.82) is 5.26 Å². The maximum Gasteiger partial charge on any atom is 0.172 e. The normalized spacial score (nSPS) is 10.0. The van der Waals surface area contributed by atoms with Crippen molar-refractivity contribution >= 4 is 10.8 Å². The van der Waals surface area contributed by atoms with Crippen LogP contribution in [0.4, 0.5) is 4.39 Å². The number of rotatable bonds is 0. The lowest BCUT2D eigenvalue weighted by molar-refractivity contribution is 0.436. The summed E-state index contributed by atoms with van der Waals surface area (Å²) in [6, 6.07) is 5.96. The summed E-state index contributed by atoms with van der Waals surface area (Å²) in [6.45, 7) is 0. The third-order valence-corrected chi connectivity index (χ3v) is 1.97. The molecule has 3 nitrogen and oxygen atoms in total. The molecule has 0 amide bonds. The molecule has 1 heterocycles. The van der Waals surface area contributed by atoms with E-state index in [1.807, 2.05) is 6.07 Å². The molecule has 0 spiro atoms. The van der Waals surface area contributed by atoms with Gasteiger partial charge in [-0.05, 0) is 18.2 Å². The van der Waals surface area contributed by atoms with Crippen LogP contribution in [0.5, 0.6) is 5.75 Å². The van der Waals surface area contributed by atoms with Gasteiger partial charge in [0.05, 0.1) is 0 Å². The van der Waals surface area contributed by atoms with E-state index in [0.29, 0.717) is 5.39 Å². The van der Waals surface area contributed by atoms with Gasteiger partial charge in [-0.15, -0.1) is 0 Å². The van der Waals surface area contributed by atoms with Gasteiger partial charge >= 0.3 is 0 Å². The summed E-state index contributed by atoms with van der Waals surface area (Å²) < 4.78 is 13.3. The Morgan fingerprint density at radius 2 is 2.07 bits per heavy atom.